The molecule has 122 valence electrons. The molecule has 2 aromatic heterocycles. The molecule has 0 aliphatic carbocycles. The average Bonchev–Trinajstić information content (AvgIpc) is 2.89. The first kappa shape index (κ1) is 15.6. The summed E-state index contributed by atoms with van der Waals surface area (Å²) in [6.45, 7) is 9.92. The minimum absolute atomic E-state index is 0.0408. The maximum atomic E-state index is 4.76. The zero-order chi connectivity index (χ0) is 16.8. The van der Waals surface area contributed by atoms with Crippen LogP contribution in [0.3, 0.4) is 0 Å². The molecule has 3 rings (SSSR count). The van der Waals surface area contributed by atoms with Crippen LogP contribution in [-0.4, -0.2) is 34.0 Å². The van der Waals surface area contributed by atoms with Crippen LogP contribution in [0.15, 0.2) is 12.4 Å². The quantitative estimate of drug-likeness (QED) is 0.849. The lowest BCUT2D eigenvalue weighted by atomic mass is 9.95. The maximum absolute atomic E-state index is 4.76. The van der Waals surface area contributed by atoms with Crippen LogP contribution >= 0.6 is 0 Å². The summed E-state index contributed by atoms with van der Waals surface area (Å²) >= 11 is 0. The molecule has 0 atom stereocenters. The van der Waals surface area contributed by atoms with Crippen LogP contribution in [-0.2, 0) is 18.5 Å². The molecule has 0 saturated carbocycles. The van der Waals surface area contributed by atoms with Crippen molar-refractivity contribution in [3.63, 3.8) is 0 Å². The number of rotatable bonds is 2. The summed E-state index contributed by atoms with van der Waals surface area (Å²) in [5.41, 5.74) is 3.28. The molecule has 1 aliphatic heterocycles. The van der Waals surface area contributed by atoms with Crippen molar-refractivity contribution in [2.75, 3.05) is 23.9 Å². The zero-order valence-electron chi connectivity index (χ0n) is 14.8. The largest absolute Gasteiger partial charge is 0.362 e. The van der Waals surface area contributed by atoms with Gasteiger partial charge in [0.2, 0.25) is 5.95 Å². The highest BCUT2D eigenvalue weighted by Gasteiger charge is 2.26. The van der Waals surface area contributed by atoms with E-state index in [1.54, 1.807) is 0 Å². The van der Waals surface area contributed by atoms with E-state index >= 15 is 0 Å². The number of aromatic nitrogens is 4. The summed E-state index contributed by atoms with van der Waals surface area (Å²) in [6, 6.07) is 0. The SMILES string of the molecule is Cc1cnc(N2Cc3cnc(C(C)(C)C)nc3C2)nc1N(C)C. The van der Waals surface area contributed by atoms with Gasteiger partial charge in [-0.15, -0.1) is 0 Å². The maximum Gasteiger partial charge on any atom is 0.227 e. The van der Waals surface area contributed by atoms with E-state index in [0.29, 0.717) is 0 Å². The van der Waals surface area contributed by atoms with Gasteiger partial charge in [0.05, 0.1) is 12.2 Å². The van der Waals surface area contributed by atoms with Crippen molar-refractivity contribution in [3.05, 3.63) is 35.0 Å². The second kappa shape index (κ2) is 5.44. The van der Waals surface area contributed by atoms with Crippen LogP contribution in [0.1, 0.15) is 43.4 Å². The highest BCUT2D eigenvalue weighted by atomic mass is 15.3. The summed E-state index contributed by atoms with van der Waals surface area (Å²) < 4.78 is 0. The second-order valence-corrected chi connectivity index (χ2v) is 7.34. The summed E-state index contributed by atoms with van der Waals surface area (Å²) in [5.74, 6) is 2.58. The Balaban J connectivity index is 1.89. The summed E-state index contributed by atoms with van der Waals surface area (Å²) in [5, 5.41) is 0. The first-order valence-corrected chi connectivity index (χ1v) is 7.87. The molecule has 3 heterocycles. The second-order valence-electron chi connectivity index (χ2n) is 7.34. The number of anilines is 2. The lowest BCUT2D eigenvalue weighted by Crippen LogP contribution is -2.20. The smallest absolute Gasteiger partial charge is 0.227 e. The standard InChI is InChI=1S/C17H24N6/c1-11-7-19-16(21-14(11)22(5)6)23-9-12-8-18-15(17(2,3)4)20-13(12)10-23/h7-8H,9-10H2,1-6H3. The Bertz CT molecular complexity index is 732. The molecule has 0 saturated heterocycles. The van der Waals surface area contributed by atoms with E-state index in [1.165, 1.54) is 0 Å². The summed E-state index contributed by atoms with van der Waals surface area (Å²) in [7, 11) is 4.00. The van der Waals surface area contributed by atoms with E-state index in [-0.39, 0.29) is 5.41 Å². The van der Waals surface area contributed by atoms with Crippen molar-refractivity contribution >= 4 is 11.8 Å². The molecule has 23 heavy (non-hydrogen) atoms. The van der Waals surface area contributed by atoms with Crippen molar-refractivity contribution < 1.29 is 0 Å². The molecule has 0 amide bonds. The Kier molecular flexibility index (Phi) is 3.70. The van der Waals surface area contributed by atoms with E-state index in [1.807, 2.05) is 38.3 Å². The van der Waals surface area contributed by atoms with Gasteiger partial charge in [-0.05, 0) is 6.92 Å². The van der Waals surface area contributed by atoms with Crippen LogP contribution in [0.4, 0.5) is 11.8 Å². The summed E-state index contributed by atoms with van der Waals surface area (Å²) in [6.07, 6.45) is 3.83. The topological polar surface area (TPSA) is 58.0 Å². The highest BCUT2D eigenvalue weighted by Crippen LogP contribution is 2.28. The molecule has 0 radical (unpaired) electrons. The van der Waals surface area contributed by atoms with Gasteiger partial charge in [0.1, 0.15) is 11.6 Å². The van der Waals surface area contributed by atoms with Crippen molar-refractivity contribution in [1.82, 2.24) is 19.9 Å². The Morgan fingerprint density at radius 1 is 1.04 bits per heavy atom. The van der Waals surface area contributed by atoms with Gasteiger partial charge in [-0.2, -0.15) is 4.98 Å². The molecule has 2 aromatic rings. The molecule has 6 nitrogen and oxygen atoms in total. The van der Waals surface area contributed by atoms with Gasteiger partial charge in [-0.1, -0.05) is 20.8 Å². The predicted octanol–water partition coefficient (Wildman–Crippen LogP) is 2.46. The lowest BCUT2D eigenvalue weighted by molar-refractivity contribution is 0.541. The molecule has 1 aliphatic rings. The fourth-order valence-corrected chi connectivity index (χ4v) is 2.69. The van der Waals surface area contributed by atoms with Crippen LogP contribution in [0.2, 0.25) is 0 Å². The van der Waals surface area contributed by atoms with Crippen LogP contribution in [0, 0.1) is 6.92 Å². The van der Waals surface area contributed by atoms with Gasteiger partial charge in [0.15, 0.2) is 0 Å². The number of hydrogen-bond acceptors (Lipinski definition) is 6. The zero-order valence-corrected chi connectivity index (χ0v) is 14.8. The number of fused-ring (bicyclic) bond motifs is 1. The Labute approximate surface area is 137 Å². The third kappa shape index (κ3) is 2.98. The lowest BCUT2D eigenvalue weighted by Gasteiger charge is -2.19. The monoisotopic (exact) mass is 312 g/mol. The Morgan fingerprint density at radius 2 is 1.78 bits per heavy atom. The number of nitrogens with zero attached hydrogens (tertiary/aromatic N) is 6. The van der Waals surface area contributed by atoms with Gasteiger partial charge in [0.25, 0.3) is 0 Å². The van der Waals surface area contributed by atoms with Crippen LogP contribution in [0.25, 0.3) is 0 Å². The third-order valence-corrected chi connectivity index (χ3v) is 3.97. The van der Waals surface area contributed by atoms with Gasteiger partial charge >= 0.3 is 0 Å². The number of aryl methyl sites for hydroxylation is 1. The predicted molar refractivity (Wildman–Crippen MR) is 91.7 cm³/mol. The van der Waals surface area contributed by atoms with Gasteiger partial charge in [-0.25, -0.2) is 15.0 Å². The fraction of sp³-hybridized carbons (Fsp3) is 0.529. The van der Waals surface area contributed by atoms with Gasteiger partial charge in [0, 0.05) is 49.6 Å². The third-order valence-electron chi connectivity index (χ3n) is 3.97. The molecule has 0 fully saturated rings. The molecule has 6 heteroatoms. The molecule has 0 bridgehead atoms. The van der Waals surface area contributed by atoms with Crippen molar-refractivity contribution in [3.8, 4) is 0 Å². The Morgan fingerprint density at radius 3 is 2.43 bits per heavy atom. The van der Waals surface area contributed by atoms with E-state index in [4.69, 9.17) is 9.97 Å². The minimum Gasteiger partial charge on any atom is -0.362 e. The van der Waals surface area contributed by atoms with E-state index in [0.717, 1.165) is 47.5 Å². The minimum atomic E-state index is -0.0408. The van der Waals surface area contributed by atoms with Crippen LogP contribution in [0.5, 0.6) is 0 Å². The summed E-state index contributed by atoms with van der Waals surface area (Å²) in [4.78, 5) is 22.6. The molecule has 0 spiro atoms. The van der Waals surface area contributed by atoms with E-state index < -0.39 is 0 Å². The van der Waals surface area contributed by atoms with Crippen molar-refractivity contribution in [1.29, 1.82) is 0 Å². The van der Waals surface area contributed by atoms with Crippen molar-refractivity contribution in [2.45, 2.75) is 46.2 Å². The fourth-order valence-electron chi connectivity index (χ4n) is 2.69. The normalized spacial score (nSPS) is 14.1. The van der Waals surface area contributed by atoms with E-state index in [2.05, 4.69) is 35.6 Å². The van der Waals surface area contributed by atoms with Crippen molar-refractivity contribution in [2.24, 2.45) is 0 Å². The molecule has 0 N–H and O–H groups in total. The van der Waals surface area contributed by atoms with Crippen LogP contribution < -0.4 is 9.80 Å². The molecular weight excluding hydrogens is 288 g/mol. The first-order chi connectivity index (χ1) is 10.8. The average molecular weight is 312 g/mol. The molecule has 0 unspecified atom stereocenters. The molecular formula is C17H24N6. The van der Waals surface area contributed by atoms with Gasteiger partial charge in [-0.3, -0.25) is 0 Å². The van der Waals surface area contributed by atoms with Gasteiger partial charge < -0.3 is 9.80 Å². The number of hydrogen-bond donors (Lipinski definition) is 0. The highest BCUT2D eigenvalue weighted by molar-refractivity contribution is 5.50. The molecule has 0 aromatic carbocycles. The van der Waals surface area contributed by atoms with E-state index in [9.17, 15) is 0 Å². The first-order valence-electron chi connectivity index (χ1n) is 7.87. The Hall–Kier alpha value is -2.24.